The van der Waals surface area contributed by atoms with E-state index in [1.165, 1.54) is 11.3 Å². The van der Waals surface area contributed by atoms with Gasteiger partial charge in [0.2, 0.25) is 35.4 Å². The van der Waals surface area contributed by atoms with Crippen molar-refractivity contribution in [2.45, 2.75) is 70.6 Å². The summed E-state index contributed by atoms with van der Waals surface area (Å²) in [4.78, 5) is 96.2. The molecular formula is C32H44ClN9O8S2. The normalized spacial score (nSPS) is 18.0. The molecule has 7 amide bonds. The second-order valence-electron chi connectivity index (χ2n) is 13.1. The highest BCUT2D eigenvalue weighted by molar-refractivity contribution is 7.80. The number of aromatic nitrogens is 1. The first-order valence-corrected chi connectivity index (χ1v) is 18.1. The number of nitrogens with one attached hydrogen (secondary N) is 5. The van der Waals surface area contributed by atoms with Gasteiger partial charge in [-0.1, -0.05) is 45.0 Å². The highest BCUT2D eigenvalue weighted by Crippen LogP contribution is 2.30. The molecule has 0 aliphatic carbocycles. The third kappa shape index (κ3) is 11.1. The van der Waals surface area contributed by atoms with Crippen molar-refractivity contribution in [1.82, 2.24) is 36.5 Å². The number of aliphatic hydroxyl groups excluding tert-OH is 1. The summed E-state index contributed by atoms with van der Waals surface area (Å²) >= 11 is 11.0. The van der Waals surface area contributed by atoms with Crippen LogP contribution in [0.5, 0.6) is 0 Å². The molecule has 17 nitrogen and oxygen atoms in total. The molecule has 20 heteroatoms. The van der Waals surface area contributed by atoms with Crippen molar-refractivity contribution in [3.05, 3.63) is 41.0 Å². The zero-order valence-electron chi connectivity index (χ0n) is 29.0. The molecule has 2 aromatic rings. The number of carbonyl (C=O) groups is 7. The lowest BCUT2D eigenvalue weighted by molar-refractivity contribution is -0.144. The van der Waals surface area contributed by atoms with Crippen molar-refractivity contribution >= 4 is 76.9 Å². The lowest BCUT2D eigenvalue weighted by Gasteiger charge is -2.35. The van der Waals surface area contributed by atoms with Crippen LogP contribution in [0.3, 0.4) is 0 Å². The zero-order chi connectivity index (χ0) is 38.9. The first kappa shape index (κ1) is 42.1. The quantitative estimate of drug-likeness (QED) is 0.0569. The molecule has 1 aliphatic rings. The van der Waals surface area contributed by atoms with E-state index < -0.39 is 95.6 Å². The van der Waals surface area contributed by atoms with Crippen molar-refractivity contribution in [3.8, 4) is 10.4 Å². The number of amides is 7. The summed E-state index contributed by atoms with van der Waals surface area (Å²) in [6.07, 6.45) is -2.83. The largest absolute Gasteiger partial charge is 0.391 e. The number of hydrogen-bond donors (Lipinski definition) is 9. The molecule has 10 N–H and O–H groups in total. The van der Waals surface area contributed by atoms with Crippen LogP contribution >= 0.6 is 35.6 Å². The van der Waals surface area contributed by atoms with Gasteiger partial charge in [-0.2, -0.15) is 12.6 Å². The van der Waals surface area contributed by atoms with Gasteiger partial charge in [-0.25, -0.2) is 4.98 Å². The number of aliphatic hydroxyl groups is 1. The van der Waals surface area contributed by atoms with Crippen LogP contribution in [-0.2, 0) is 33.6 Å². The number of carbonyl (C=O) groups excluding carboxylic acids is 7. The van der Waals surface area contributed by atoms with E-state index in [9.17, 15) is 38.7 Å². The van der Waals surface area contributed by atoms with E-state index in [-0.39, 0.29) is 18.7 Å². The minimum absolute atomic E-state index is 0.108. The fourth-order valence-electron chi connectivity index (χ4n) is 5.29. The van der Waals surface area contributed by atoms with Gasteiger partial charge in [0, 0.05) is 18.7 Å². The summed E-state index contributed by atoms with van der Waals surface area (Å²) < 4.78 is 0. The molecule has 52 heavy (non-hydrogen) atoms. The molecule has 1 saturated heterocycles. The molecule has 1 aromatic heterocycles. The lowest BCUT2D eigenvalue weighted by Crippen LogP contribution is -2.59. The summed E-state index contributed by atoms with van der Waals surface area (Å²) in [6.45, 7) is 6.14. The fourth-order valence-corrected chi connectivity index (χ4v) is 6.45. The molecule has 2 heterocycles. The molecule has 0 bridgehead atoms. The highest BCUT2D eigenvalue weighted by atomic mass is 35.5. The molecule has 284 valence electrons. The molecule has 3 rings (SSSR count). The second kappa shape index (κ2) is 18.5. The third-order valence-electron chi connectivity index (χ3n) is 8.07. The Morgan fingerprint density at radius 1 is 1.04 bits per heavy atom. The van der Waals surface area contributed by atoms with E-state index in [2.05, 4.69) is 44.2 Å². The predicted octanol–water partition coefficient (Wildman–Crippen LogP) is -1.58. The average molecular weight is 782 g/mol. The molecule has 0 saturated carbocycles. The number of likely N-dealkylation sites (tertiary alicyclic amines) is 1. The number of rotatable bonds is 15. The Hall–Kier alpha value is -4.30. The van der Waals surface area contributed by atoms with Gasteiger partial charge in [-0.3, -0.25) is 33.6 Å². The number of β-amino-alcohol motifs (C(OH)–C–C–N with tert-alkyl or cyclic N) is 1. The van der Waals surface area contributed by atoms with Gasteiger partial charge < -0.3 is 48.1 Å². The minimum Gasteiger partial charge on any atom is -0.391 e. The summed E-state index contributed by atoms with van der Waals surface area (Å²) in [5.74, 6) is -5.98. The van der Waals surface area contributed by atoms with E-state index in [1.54, 1.807) is 50.5 Å². The number of alkyl halides is 1. The summed E-state index contributed by atoms with van der Waals surface area (Å²) in [5.41, 5.74) is 13.7. The lowest BCUT2D eigenvalue weighted by atomic mass is 9.85. The topological polar surface area (TPSA) is 268 Å². The van der Waals surface area contributed by atoms with Gasteiger partial charge in [0.15, 0.2) is 6.17 Å². The van der Waals surface area contributed by atoms with Gasteiger partial charge >= 0.3 is 0 Å². The monoisotopic (exact) mass is 781 g/mol. The number of nitrogens with two attached hydrogens (primary N) is 2. The van der Waals surface area contributed by atoms with Crippen molar-refractivity contribution < 1.29 is 38.7 Å². The number of hydrogen-bond acceptors (Lipinski definition) is 12. The Morgan fingerprint density at radius 3 is 2.23 bits per heavy atom. The van der Waals surface area contributed by atoms with Crippen LogP contribution < -0.4 is 38.1 Å². The van der Waals surface area contributed by atoms with Crippen LogP contribution in [-0.4, -0.2) is 111 Å². The van der Waals surface area contributed by atoms with Crippen molar-refractivity contribution in [2.75, 3.05) is 24.7 Å². The van der Waals surface area contributed by atoms with Gasteiger partial charge in [0.25, 0.3) is 5.91 Å². The maximum Gasteiger partial charge on any atom is 0.258 e. The van der Waals surface area contributed by atoms with E-state index >= 15 is 0 Å². The maximum atomic E-state index is 13.9. The Morgan fingerprint density at radius 2 is 1.69 bits per heavy atom. The van der Waals surface area contributed by atoms with Gasteiger partial charge in [-0.05, 0) is 23.5 Å². The molecule has 0 spiro atoms. The second-order valence-corrected chi connectivity index (χ2v) is 14.6. The maximum absolute atomic E-state index is 13.9. The Bertz CT molecular complexity index is 1650. The van der Waals surface area contributed by atoms with Crippen molar-refractivity contribution in [1.29, 1.82) is 0 Å². The molecule has 0 radical (unpaired) electrons. The number of nitrogens with zero attached hydrogens (tertiary/aromatic N) is 2. The Kier molecular flexibility index (Phi) is 14.9. The predicted molar refractivity (Wildman–Crippen MR) is 196 cm³/mol. The smallest absolute Gasteiger partial charge is 0.258 e. The SMILES string of the molecule is Cc1ncsc1-c1ccc(C(NC(=O)C2CC(O)CN2C(=O)C(NC(=O)CCl)C(C)(C)C)C(=O)NCC(=O)NC(N)C(=O)NC(CS)C(N)=O)cc1. The van der Waals surface area contributed by atoms with E-state index in [0.29, 0.717) is 5.56 Å². The number of halogens is 1. The van der Waals surface area contributed by atoms with Gasteiger partial charge in [-0.15, -0.1) is 22.9 Å². The number of thiol groups is 1. The van der Waals surface area contributed by atoms with Crippen LogP contribution in [0.2, 0.25) is 0 Å². The van der Waals surface area contributed by atoms with Crippen LogP contribution in [0.15, 0.2) is 29.8 Å². The highest BCUT2D eigenvalue weighted by Gasteiger charge is 2.45. The van der Waals surface area contributed by atoms with Crippen LogP contribution in [0.1, 0.15) is 44.5 Å². The summed E-state index contributed by atoms with van der Waals surface area (Å²) in [7, 11) is 0. The molecular weight excluding hydrogens is 738 g/mol. The van der Waals surface area contributed by atoms with Gasteiger partial charge in [0.1, 0.15) is 30.0 Å². The average Bonchev–Trinajstić information content (AvgIpc) is 3.71. The number of thiazole rings is 1. The van der Waals surface area contributed by atoms with E-state index in [1.807, 2.05) is 6.92 Å². The van der Waals surface area contributed by atoms with Crippen LogP contribution in [0, 0.1) is 12.3 Å². The third-order valence-corrected chi connectivity index (χ3v) is 9.66. The Labute approximate surface area is 314 Å². The summed E-state index contributed by atoms with van der Waals surface area (Å²) in [6, 6.07) is 1.84. The minimum atomic E-state index is -1.60. The van der Waals surface area contributed by atoms with Crippen molar-refractivity contribution in [2.24, 2.45) is 16.9 Å². The molecule has 1 aliphatic heterocycles. The Balaban J connectivity index is 1.83. The first-order valence-electron chi connectivity index (χ1n) is 16.1. The first-order chi connectivity index (χ1) is 24.4. The standard InChI is InChI=1S/C32H44ClN9O8S2/c1-15-24(52-14-37-15)17-7-5-16(6-8-17)23(29(48)36-11-22(45)40-26(34)30(49)38-19(13-51)27(35)46)41-28(47)20-9-18(43)12-42(20)31(50)25(32(2,3)4)39-21(44)10-33/h5-8,14,18-20,23,25-26,43,51H,9-13,34H2,1-4H3,(H2,35,46)(H,36,48)(H,38,49)(H,39,44)(H,40,45)(H,41,47). The van der Waals surface area contributed by atoms with E-state index in [0.717, 1.165) is 21.0 Å². The molecule has 6 atom stereocenters. The van der Waals surface area contributed by atoms with Crippen molar-refractivity contribution in [3.63, 3.8) is 0 Å². The number of primary amides is 1. The number of aryl methyl sites for hydroxylation is 1. The van der Waals surface area contributed by atoms with E-state index in [4.69, 9.17) is 23.1 Å². The fraction of sp³-hybridized carbons (Fsp3) is 0.500. The molecule has 1 fully saturated rings. The molecule has 6 unspecified atom stereocenters. The van der Waals surface area contributed by atoms with Gasteiger partial charge in [0.05, 0.1) is 28.7 Å². The zero-order valence-corrected chi connectivity index (χ0v) is 31.4. The number of benzene rings is 1. The van der Waals surface area contributed by atoms with Crippen LogP contribution in [0.4, 0.5) is 0 Å². The van der Waals surface area contributed by atoms with Crippen LogP contribution in [0.25, 0.3) is 10.4 Å². The summed E-state index contributed by atoms with van der Waals surface area (Å²) in [5, 5.41) is 22.6. The molecule has 1 aromatic carbocycles.